The van der Waals surface area contributed by atoms with Crippen molar-refractivity contribution in [2.45, 2.75) is 4.90 Å². The lowest BCUT2D eigenvalue weighted by molar-refractivity contribution is -0.605. The topological polar surface area (TPSA) is 82.3 Å². The third-order valence-electron chi connectivity index (χ3n) is 3.97. The van der Waals surface area contributed by atoms with Gasteiger partial charge in [0.1, 0.15) is 19.0 Å². The molecule has 2 aromatic carbocycles. The number of aromatic nitrogens is 1. The van der Waals surface area contributed by atoms with Gasteiger partial charge in [0.2, 0.25) is 0 Å². The van der Waals surface area contributed by atoms with Crippen LogP contribution in [0.4, 0.5) is 10.1 Å². The Balaban J connectivity index is 1.79. The second-order valence-electron chi connectivity index (χ2n) is 6.03. The van der Waals surface area contributed by atoms with E-state index in [1.165, 1.54) is 36.7 Å². The minimum absolute atomic E-state index is 0.0620. The van der Waals surface area contributed by atoms with Gasteiger partial charge >= 0.3 is 0 Å². The van der Waals surface area contributed by atoms with Crippen molar-refractivity contribution in [3.8, 4) is 5.75 Å². The molecule has 0 aliphatic carbocycles. The number of nitrogens with one attached hydrogen (secondary N) is 1. The zero-order valence-corrected chi connectivity index (χ0v) is 16.2. The van der Waals surface area contributed by atoms with E-state index in [2.05, 4.69) is 4.72 Å². The maximum Gasteiger partial charge on any atom is 0.261 e. The van der Waals surface area contributed by atoms with E-state index in [1.807, 2.05) is 0 Å². The van der Waals surface area contributed by atoms with Gasteiger partial charge in [0.25, 0.3) is 10.0 Å². The van der Waals surface area contributed by atoms with Gasteiger partial charge in [-0.25, -0.2) is 12.8 Å². The maximum absolute atomic E-state index is 12.7. The molecule has 0 aliphatic heterocycles. The minimum Gasteiger partial charge on any atom is -0.619 e. The van der Waals surface area contributed by atoms with Gasteiger partial charge < -0.3 is 9.94 Å². The van der Waals surface area contributed by atoms with Gasteiger partial charge in [-0.15, -0.1) is 0 Å². The Hall–Kier alpha value is -3.39. The Bertz CT molecular complexity index is 1080. The van der Waals surface area contributed by atoms with Crippen molar-refractivity contribution < 1.29 is 22.3 Å². The van der Waals surface area contributed by atoms with E-state index in [-0.39, 0.29) is 11.5 Å². The Morgan fingerprint density at radius 3 is 2.38 bits per heavy atom. The standard InChI is InChI=1S/C21H19FN2O4S/c22-13-16-28-19-7-9-20(10-8-19)29(26,27)23-21-4-2-1-3-18(21)6-5-17-11-14-24(25)15-12-17/h1-12,14-15,23H,13,16H2. The van der Waals surface area contributed by atoms with Crippen molar-refractivity contribution in [2.75, 3.05) is 18.0 Å². The highest BCUT2D eigenvalue weighted by molar-refractivity contribution is 7.92. The first-order valence-corrected chi connectivity index (χ1v) is 10.2. The second kappa shape index (κ2) is 9.20. The van der Waals surface area contributed by atoms with Crippen LogP contribution in [0.3, 0.4) is 0 Å². The molecule has 0 bridgehead atoms. The summed E-state index contributed by atoms with van der Waals surface area (Å²) in [6.45, 7) is -0.702. The molecule has 8 heteroatoms. The lowest BCUT2D eigenvalue weighted by Gasteiger charge is -2.11. The van der Waals surface area contributed by atoms with Gasteiger partial charge in [-0.2, -0.15) is 4.73 Å². The molecule has 3 rings (SSSR count). The average Bonchev–Trinajstić information content (AvgIpc) is 2.73. The van der Waals surface area contributed by atoms with Crippen molar-refractivity contribution in [3.63, 3.8) is 0 Å². The summed E-state index contributed by atoms with van der Waals surface area (Å²) in [6, 6.07) is 16.0. The normalized spacial score (nSPS) is 11.5. The number of para-hydroxylation sites is 1. The zero-order valence-electron chi connectivity index (χ0n) is 15.4. The first-order valence-electron chi connectivity index (χ1n) is 8.75. The first-order chi connectivity index (χ1) is 14.0. The minimum atomic E-state index is -3.82. The van der Waals surface area contributed by atoms with Crippen LogP contribution in [-0.4, -0.2) is 21.7 Å². The predicted octanol–water partition coefficient (Wildman–Crippen LogP) is 3.64. The van der Waals surface area contributed by atoms with E-state index in [4.69, 9.17) is 4.74 Å². The van der Waals surface area contributed by atoms with E-state index < -0.39 is 16.7 Å². The Kier molecular flexibility index (Phi) is 6.46. The van der Waals surface area contributed by atoms with Crippen molar-refractivity contribution in [1.29, 1.82) is 0 Å². The van der Waals surface area contributed by atoms with Crippen molar-refractivity contribution in [3.05, 3.63) is 89.4 Å². The van der Waals surface area contributed by atoms with Crippen LogP contribution in [0.25, 0.3) is 12.2 Å². The molecule has 0 saturated heterocycles. The summed E-state index contributed by atoms with van der Waals surface area (Å²) < 4.78 is 46.0. The molecule has 6 nitrogen and oxygen atoms in total. The highest BCUT2D eigenvalue weighted by Gasteiger charge is 2.15. The fraction of sp³-hybridized carbons (Fsp3) is 0.0952. The summed E-state index contributed by atoms with van der Waals surface area (Å²) in [5.41, 5.74) is 1.88. The quantitative estimate of drug-likeness (QED) is 0.451. The zero-order chi connectivity index (χ0) is 20.7. The molecule has 1 N–H and O–H groups in total. The molecule has 0 fully saturated rings. The third-order valence-corrected chi connectivity index (χ3v) is 5.35. The first kappa shape index (κ1) is 20.3. The number of alkyl halides is 1. The molecular weight excluding hydrogens is 395 g/mol. The summed E-state index contributed by atoms with van der Waals surface area (Å²) in [5, 5.41) is 11.1. The molecular formula is C21H19FN2O4S. The van der Waals surface area contributed by atoms with Gasteiger partial charge in [0.05, 0.1) is 10.6 Å². The molecule has 29 heavy (non-hydrogen) atoms. The Labute approximate surface area is 168 Å². The van der Waals surface area contributed by atoms with Gasteiger partial charge in [-0.1, -0.05) is 30.4 Å². The number of pyridine rings is 1. The average molecular weight is 414 g/mol. The smallest absolute Gasteiger partial charge is 0.261 e. The fourth-order valence-electron chi connectivity index (χ4n) is 2.53. The second-order valence-corrected chi connectivity index (χ2v) is 7.71. The van der Waals surface area contributed by atoms with Crippen LogP contribution in [0.2, 0.25) is 0 Å². The van der Waals surface area contributed by atoms with Crippen LogP contribution in [-0.2, 0) is 10.0 Å². The lowest BCUT2D eigenvalue weighted by Crippen LogP contribution is -2.23. The fourth-order valence-corrected chi connectivity index (χ4v) is 3.62. The molecule has 150 valence electrons. The van der Waals surface area contributed by atoms with Crippen molar-refractivity contribution >= 4 is 27.9 Å². The van der Waals surface area contributed by atoms with Gasteiger partial charge in [0.15, 0.2) is 12.4 Å². The summed E-state index contributed by atoms with van der Waals surface area (Å²) in [5.74, 6) is 0.396. The number of sulfonamides is 1. The molecule has 0 unspecified atom stereocenters. The van der Waals surface area contributed by atoms with E-state index >= 15 is 0 Å². The number of nitrogens with zero attached hydrogens (tertiary/aromatic N) is 1. The molecule has 1 heterocycles. The number of anilines is 1. The highest BCUT2D eigenvalue weighted by atomic mass is 32.2. The molecule has 0 amide bonds. The van der Waals surface area contributed by atoms with Crippen LogP contribution in [0.1, 0.15) is 11.1 Å². The lowest BCUT2D eigenvalue weighted by atomic mass is 10.1. The van der Waals surface area contributed by atoms with Gasteiger partial charge in [0, 0.05) is 12.1 Å². The largest absolute Gasteiger partial charge is 0.619 e. The number of hydrogen-bond donors (Lipinski definition) is 1. The number of halogens is 1. The van der Waals surface area contributed by atoms with Crippen LogP contribution in [0.5, 0.6) is 5.75 Å². The monoisotopic (exact) mass is 414 g/mol. The van der Waals surface area contributed by atoms with Crippen LogP contribution < -0.4 is 14.2 Å². The summed E-state index contributed by atoms with van der Waals surface area (Å²) in [6.07, 6.45) is 6.31. The van der Waals surface area contributed by atoms with Gasteiger partial charge in [-0.05, 0) is 41.5 Å². The van der Waals surface area contributed by atoms with Crippen LogP contribution in [0, 0.1) is 5.21 Å². The number of hydrogen-bond acceptors (Lipinski definition) is 4. The predicted molar refractivity (Wildman–Crippen MR) is 109 cm³/mol. The van der Waals surface area contributed by atoms with Gasteiger partial charge in [-0.3, -0.25) is 4.72 Å². The molecule has 3 aromatic rings. The van der Waals surface area contributed by atoms with E-state index in [9.17, 15) is 18.0 Å². The number of benzene rings is 2. The van der Waals surface area contributed by atoms with E-state index in [0.29, 0.717) is 21.7 Å². The van der Waals surface area contributed by atoms with Crippen LogP contribution >= 0.6 is 0 Å². The Morgan fingerprint density at radius 2 is 1.69 bits per heavy atom. The summed E-state index contributed by atoms with van der Waals surface area (Å²) in [4.78, 5) is 0.0620. The molecule has 0 saturated carbocycles. The van der Waals surface area contributed by atoms with Crippen molar-refractivity contribution in [1.82, 2.24) is 0 Å². The van der Waals surface area contributed by atoms with E-state index in [1.54, 1.807) is 48.6 Å². The molecule has 0 atom stereocenters. The molecule has 0 spiro atoms. The SMILES string of the molecule is O=S(=O)(Nc1ccccc1C=Cc1cc[n+]([O-])cc1)c1ccc(OCCF)cc1. The van der Waals surface area contributed by atoms with Crippen LogP contribution in [0.15, 0.2) is 78.0 Å². The molecule has 0 aliphatic rings. The summed E-state index contributed by atoms with van der Waals surface area (Å²) in [7, 11) is -3.82. The molecule has 0 radical (unpaired) electrons. The maximum atomic E-state index is 12.7. The summed E-state index contributed by atoms with van der Waals surface area (Å²) >= 11 is 0. The van der Waals surface area contributed by atoms with Crippen molar-refractivity contribution in [2.24, 2.45) is 0 Å². The molecule has 1 aromatic heterocycles. The van der Waals surface area contributed by atoms with E-state index in [0.717, 1.165) is 5.56 Å². The Morgan fingerprint density at radius 1 is 1.00 bits per heavy atom. The third kappa shape index (κ3) is 5.55. The highest BCUT2D eigenvalue weighted by Crippen LogP contribution is 2.23. The number of rotatable bonds is 8. The number of ether oxygens (including phenoxy) is 1.